The zero-order valence-corrected chi connectivity index (χ0v) is 14.5. The van der Waals surface area contributed by atoms with E-state index in [2.05, 4.69) is 11.2 Å². The van der Waals surface area contributed by atoms with Crippen LogP contribution >= 0.6 is 11.6 Å². The van der Waals surface area contributed by atoms with Gasteiger partial charge in [0.05, 0.1) is 29.8 Å². The van der Waals surface area contributed by atoms with Crippen LogP contribution in [0.15, 0.2) is 24.3 Å². The number of aryl methyl sites for hydroxylation is 2. The second-order valence-corrected chi connectivity index (χ2v) is 6.50. The summed E-state index contributed by atoms with van der Waals surface area (Å²) < 4.78 is 1.66. The molecule has 3 rings (SSSR count). The summed E-state index contributed by atoms with van der Waals surface area (Å²) in [5.41, 5.74) is 3.36. The monoisotopic (exact) mass is 342 g/mol. The van der Waals surface area contributed by atoms with Crippen molar-refractivity contribution >= 4 is 17.5 Å². The van der Waals surface area contributed by atoms with E-state index in [1.165, 1.54) is 0 Å². The van der Waals surface area contributed by atoms with Crippen LogP contribution in [0.25, 0.3) is 0 Å². The van der Waals surface area contributed by atoms with Gasteiger partial charge in [-0.3, -0.25) is 9.48 Å². The second kappa shape index (κ2) is 6.66. The standard InChI is InChI=1S/C18H19ClN4O/c1-12-17(18(19)22(2)21-12)15-4-3-9-23(15)16(24)10-13-5-7-14(11-20)8-6-13/h5-8,15H,3-4,9-10H2,1-2H3. The summed E-state index contributed by atoms with van der Waals surface area (Å²) in [6.45, 7) is 2.67. The molecule has 1 aliphatic rings. The van der Waals surface area contributed by atoms with Crippen molar-refractivity contribution in [2.75, 3.05) is 6.54 Å². The lowest BCUT2D eigenvalue weighted by molar-refractivity contribution is -0.131. The highest BCUT2D eigenvalue weighted by molar-refractivity contribution is 6.30. The first-order valence-electron chi connectivity index (χ1n) is 7.98. The van der Waals surface area contributed by atoms with Gasteiger partial charge in [-0.25, -0.2) is 0 Å². The van der Waals surface area contributed by atoms with Gasteiger partial charge in [-0.15, -0.1) is 0 Å². The normalized spacial score (nSPS) is 17.1. The van der Waals surface area contributed by atoms with Gasteiger partial charge in [-0.05, 0) is 37.5 Å². The molecule has 1 atom stereocenters. The van der Waals surface area contributed by atoms with Crippen LogP contribution in [-0.2, 0) is 18.3 Å². The van der Waals surface area contributed by atoms with E-state index in [9.17, 15) is 4.79 Å². The first-order valence-corrected chi connectivity index (χ1v) is 8.36. The van der Waals surface area contributed by atoms with Crippen LogP contribution in [-0.4, -0.2) is 27.1 Å². The van der Waals surface area contributed by atoms with Crippen molar-refractivity contribution in [1.82, 2.24) is 14.7 Å². The molecule has 0 saturated carbocycles. The number of rotatable bonds is 3. The molecule has 2 heterocycles. The van der Waals surface area contributed by atoms with Crippen LogP contribution in [0, 0.1) is 18.3 Å². The molecule has 1 saturated heterocycles. The molecule has 0 aliphatic carbocycles. The number of carbonyl (C=O) groups is 1. The number of hydrogen-bond donors (Lipinski definition) is 0. The fraction of sp³-hybridized carbons (Fsp3) is 0.389. The third-order valence-corrected chi connectivity index (χ3v) is 4.99. The molecule has 5 nitrogen and oxygen atoms in total. The molecular formula is C18H19ClN4O. The summed E-state index contributed by atoms with van der Waals surface area (Å²) in [6.07, 6.45) is 2.21. The van der Waals surface area contributed by atoms with Crippen molar-refractivity contribution in [1.29, 1.82) is 5.26 Å². The minimum absolute atomic E-state index is 0.00270. The first kappa shape index (κ1) is 16.5. The van der Waals surface area contributed by atoms with Crippen LogP contribution in [0.3, 0.4) is 0 Å². The number of hydrogen-bond acceptors (Lipinski definition) is 3. The third-order valence-electron chi connectivity index (χ3n) is 4.54. The highest BCUT2D eigenvalue weighted by Crippen LogP contribution is 2.37. The van der Waals surface area contributed by atoms with Crippen LogP contribution < -0.4 is 0 Å². The van der Waals surface area contributed by atoms with Crippen molar-refractivity contribution in [2.24, 2.45) is 7.05 Å². The Hall–Kier alpha value is -2.32. The fourth-order valence-corrected chi connectivity index (χ4v) is 3.66. The Balaban J connectivity index is 1.79. The number of amides is 1. The molecule has 1 aromatic heterocycles. The van der Waals surface area contributed by atoms with Gasteiger partial charge in [0, 0.05) is 19.2 Å². The highest BCUT2D eigenvalue weighted by Gasteiger charge is 2.33. The van der Waals surface area contributed by atoms with E-state index in [1.54, 1.807) is 16.8 Å². The molecule has 1 amide bonds. The molecule has 0 radical (unpaired) electrons. The van der Waals surface area contributed by atoms with Gasteiger partial charge in [0.15, 0.2) is 0 Å². The maximum absolute atomic E-state index is 12.8. The minimum atomic E-state index is -0.00270. The van der Waals surface area contributed by atoms with Gasteiger partial charge >= 0.3 is 0 Å². The van der Waals surface area contributed by atoms with Crippen molar-refractivity contribution in [3.63, 3.8) is 0 Å². The molecule has 2 aromatic rings. The smallest absolute Gasteiger partial charge is 0.227 e. The molecule has 24 heavy (non-hydrogen) atoms. The number of halogens is 1. The van der Waals surface area contributed by atoms with Crippen molar-refractivity contribution in [3.8, 4) is 6.07 Å². The summed E-state index contributed by atoms with van der Waals surface area (Å²) in [4.78, 5) is 14.7. The Kier molecular flexibility index (Phi) is 4.59. The van der Waals surface area contributed by atoms with Crippen molar-refractivity contribution < 1.29 is 4.79 Å². The number of aromatic nitrogens is 2. The highest BCUT2D eigenvalue weighted by atomic mass is 35.5. The van der Waals surface area contributed by atoms with E-state index >= 15 is 0 Å². The maximum atomic E-state index is 12.8. The number of benzene rings is 1. The van der Waals surface area contributed by atoms with E-state index in [4.69, 9.17) is 16.9 Å². The van der Waals surface area contributed by atoms with Crippen LogP contribution in [0.5, 0.6) is 0 Å². The zero-order chi connectivity index (χ0) is 17.3. The molecular weight excluding hydrogens is 324 g/mol. The zero-order valence-electron chi connectivity index (χ0n) is 13.8. The predicted octanol–water partition coefficient (Wildman–Crippen LogP) is 3.16. The topological polar surface area (TPSA) is 61.9 Å². The minimum Gasteiger partial charge on any atom is -0.335 e. The lowest BCUT2D eigenvalue weighted by Crippen LogP contribution is -2.32. The van der Waals surface area contributed by atoms with Gasteiger partial charge < -0.3 is 4.90 Å². The quantitative estimate of drug-likeness (QED) is 0.860. The van der Waals surface area contributed by atoms with Crippen molar-refractivity contribution in [3.05, 3.63) is 51.8 Å². The van der Waals surface area contributed by atoms with E-state index in [0.29, 0.717) is 17.1 Å². The SMILES string of the molecule is Cc1nn(C)c(Cl)c1C1CCCN1C(=O)Cc1ccc(C#N)cc1. The number of likely N-dealkylation sites (tertiary alicyclic amines) is 1. The molecule has 1 aliphatic heterocycles. The summed E-state index contributed by atoms with van der Waals surface area (Å²) >= 11 is 6.39. The van der Waals surface area contributed by atoms with E-state index in [0.717, 1.165) is 36.2 Å². The first-order chi connectivity index (χ1) is 11.5. The Labute approximate surface area is 146 Å². The van der Waals surface area contributed by atoms with Crippen LogP contribution in [0.2, 0.25) is 5.15 Å². The average molecular weight is 343 g/mol. The van der Waals surface area contributed by atoms with E-state index < -0.39 is 0 Å². The molecule has 0 bridgehead atoms. The van der Waals surface area contributed by atoms with Crippen molar-refractivity contribution in [2.45, 2.75) is 32.2 Å². The Bertz CT molecular complexity index is 804. The second-order valence-electron chi connectivity index (χ2n) is 6.14. The van der Waals surface area contributed by atoms with Gasteiger partial charge in [-0.2, -0.15) is 10.4 Å². The van der Waals surface area contributed by atoms with Gasteiger partial charge in [0.1, 0.15) is 5.15 Å². The molecule has 6 heteroatoms. The predicted molar refractivity (Wildman–Crippen MR) is 91.5 cm³/mol. The fourth-order valence-electron chi connectivity index (χ4n) is 3.36. The third kappa shape index (κ3) is 3.02. The lowest BCUT2D eigenvalue weighted by atomic mass is 10.0. The van der Waals surface area contributed by atoms with Gasteiger partial charge in [0.2, 0.25) is 5.91 Å². The molecule has 0 N–H and O–H groups in total. The number of nitrogens with zero attached hydrogens (tertiary/aromatic N) is 4. The Morgan fingerprint density at radius 1 is 1.42 bits per heavy atom. The number of nitriles is 1. The van der Waals surface area contributed by atoms with Gasteiger partial charge in [0.25, 0.3) is 0 Å². The largest absolute Gasteiger partial charge is 0.335 e. The average Bonchev–Trinajstić information content (AvgIpc) is 3.13. The Morgan fingerprint density at radius 2 is 2.12 bits per heavy atom. The van der Waals surface area contributed by atoms with E-state index in [1.807, 2.05) is 31.0 Å². The molecule has 1 fully saturated rings. The Morgan fingerprint density at radius 3 is 2.71 bits per heavy atom. The lowest BCUT2D eigenvalue weighted by Gasteiger charge is -2.25. The van der Waals surface area contributed by atoms with Gasteiger partial charge in [-0.1, -0.05) is 23.7 Å². The summed E-state index contributed by atoms with van der Waals surface area (Å²) in [5.74, 6) is 0.0847. The molecule has 124 valence electrons. The van der Waals surface area contributed by atoms with Crippen LogP contribution in [0.4, 0.5) is 0 Å². The maximum Gasteiger partial charge on any atom is 0.227 e. The van der Waals surface area contributed by atoms with Crippen LogP contribution in [0.1, 0.15) is 41.3 Å². The summed E-state index contributed by atoms with van der Waals surface area (Å²) in [6, 6.07) is 9.24. The number of carbonyl (C=O) groups excluding carboxylic acids is 1. The van der Waals surface area contributed by atoms with E-state index in [-0.39, 0.29) is 11.9 Å². The summed E-state index contributed by atoms with van der Waals surface area (Å²) in [7, 11) is 1.82. The molecule has 1 aromatic carbocycles. The summed E-state index contributed by atoms with van der Waals surface area (Å²) in [5, 5.41) is 13.8. The molecule has 0 spiro atoms. The molecule has 1 unspecified atom stereocenters.